The van der Waals surface area contributed by atoms with Gasteiger partial charge in [-0.1, -0.05) is 18.2 Å². The minimum atomic E-state index is -0.302. The van der Waals surface area contributed by atoms with Crippen LogP contribution in [0.5, 0.6) is 5.75 Å². The summed E-state index contributed by atoms with van der Waals surface area (Å²) >= 11 is 1.34. The number of rotatable bonds is 6. The molecule has 26 heavy (non-hydrogen) atoms. The van der Waals surface area contributed by atoms with Crippen LogP contribution in [-0.4, -0.2) is 23.4 Å². The molecular formula is C19H17N3O3S. The number of aromatic nitrogens is 1. The third-order valence-electron chi connectivity index (χ3n) is 3.42. The summed E-state index contributed by atoms with van der Waals surface area (Å²) in [6.45, 7) is 1.84. The van der Waals surface area contributed by atoms with Gasteiger partial charge in [0.2, 0.25) is 0 Å². The Bertz CT molecular complexity index is 910. The van der Waals surface area contributed by atoms with Gasteiger partial charge in [-0.05, 0) is 42.8 Å². The number of carbonyl (C=O) groups is 2. The summed E-state index contributed by atoms with van der Waals surface area (Å²) in [6, 6.07) is 14.2. The molecule has 2 N–H and O–H groups in total. The topological polar surface area (TPSA) is 80.3 Å². The van der Waals surface area contributed by atoms with Gasteiger partial charge in [0.25, 0.3) is 11.8 Å². The zero-order valence-corrected chi connectivity index (χ0v) is 14.9. The van der Waals surface area contributed by atoms with Gasteiger partial charge in [-0.25, -0.2) is 4.98 Å². The zero-order chi connectivity index (χ0) is 18.4. The van der Waals surface area contributed by atoms with Crippen molar-refractivity contribution < 1.29 is 14.3 Å². The number of hydrogen-bond donors (Lipinski definition) is 2. The van der Waals surface area contributed by atoms with Crippen LogP contribution in [-0.2, 0) is 4.79 Å². The highest BCUT2D eigenvalue weighted by Crippen LogP contribution is 2.16. The van der Waals surface area contributed by atoms with Crippen LogP contribution in [0.1, 0.15) is 15.9 Å². The molecule has 3 rings (SSSR count). The Kier molecular flexibility index (Phi) is 5.60. The number of hydrogen-bond acceptors (Lipinski definition) is 5. The van der Waals surface area contributed by atoms with Gasteiger partial charge in [0, 0.05) is 22.8 Å². The molecule has 0 saturated heterocycles. The fraction of sp³-hybridized carbons (Fsp3) is 0.105. The molecule has 0 aliphatic carbocycles. The third-order valence-corrected chi connectivity index (χ3v) is 4.11. The summed E-state index contributed by atoms with van der Waals surface area (Å²) in [6.07, 6.45) is 1.62. The normalized spacial score (nSPS) is 10.2. The molecule has 0 aliphatic rings. The fourth-order valence-electron chi connectivity index (χ4n) is 2.24. The lowest BCUT2D eigenvalue weighted by Crippen LogP contribution is -2.20. The number of ether oxygens (including phenoxy) is 1. The van der Waals surface area contributed by atoms with Gasteiger partial charge in [0.15, 0.2) is 11.7 Å². The Morgan fingerprint density at radius 1 is 1.12 bits per heavy atom. The van der Waals surface area contributed by atoms with Gasteiger partial charge in [-0.15, -0.1) is 11.3 Å². The molecule has 132 valence electrons. The Morgan fingerprint density at radius 3 is 2.73 bits per heavy atom. The highest BCUT2D eigenvalue weighted by Gasteiger charge is 2.10. The van der Waals surface area contributed by atoms with Crippen LogP contribution in [0.4, 0.5) is 10.8 Å². The maximum Gasteiger partial charge on any atom is 0.262 e. The second kappa shape index (κ2) is 8.26. The van der Waals surface area contributed by atoms with E-state index in [1.54, 1.807) is 41.9 Å². The first-order valence-corrected chi connectivity index (χ1v) is 8.78. The number of benzene rings is 2. The van der Waals surface area contributed by atoms with Crippen LogP contribution >= 0.6 is 11.3 Å². The van der Waals surface area contributed by atoms with Crippen LogP contribution in [0.25, 0.3) is 0 Å². The van der Waals surface area contributed by atoms with E-state index in [-0.39, 0.29) is 18.4 Å². The molecule has 6 nitrogen and oxygen atoms in total. The van der Waals surface area contributed by atoms with Crippen LogP contribution < -0.4 is 15.4 Å². The lowest BCUT2D eigenvalue weighted by molar-refractivity contribution is -0.118. The molecule has 0 saturated carbocycles. The highest BCUT2D eigenvalue weighted by atomic mass is 32.1. The van der Waals surface area contributed by atoms with Gasteiger partial charge in [-0.3, -0.25) is 14.9 Å². The average molecular weight is 367 g/mol. The number of amides is 2. The van der Waals surface area contributed by atoms with Crippen molar-refractivity contribution in [3.05, 3.63) is 71.2 Å². The Morgan fingerprint density at radius 2 is 1.96 bits per heavy atom. The van der Waals surface area contributed by atoms with E-state index in [2.05, 4.69) is 15.6 Å². The van der Waals surface area contributed by atoms with Crippen molar-refractivity contribution in [2.75, 3.05) is 17.2 Å². The molecule has 7 heteroatoms. The second-order valence-corrected chi connectivity index (χ2v) is 6.42. The zero-order valence-electron chi connectivity index (χ0n) is 14.1. The number of nitrogens with zero attached hydrogens (tertiary/aromatic N) is 1. The summed E-state index contributed by atoms with van der Waals surface area (Å²) in [5, 5.41) is 7.73. The molecule has 0 spiro atoms. The molecule has 0 unspecified atom stereocenters. The monoisotopic (exact) mass is 367 g/mol. The number of thiazole rings is 1. The van der Waals surface area contributed by atoms with E-state index in [0.717, 1.165) is 5.56 Å². The first-order chi connectivity index (χ1) is 12.6. The Labute approximate surface area is 154 Å². The maximum atomic E-state index is 12.2. The van der Waals surface area contributed by atoms with Crippen LogP contribution in [0.3, 0.4) is 0 Å². The average Bonchev–Trinajstić information content (AvgIpc) is 3.13. The Hall–Kier alpha value is -3.19. The first-order valence-electron chi connectivity index (χ1n) is 7.90. The highest BCUT2D eigenvalue weighted by molar-refractivity contribution is 7.13. The number of aryl methyl sites for hydroxylation is 1. The van der Waals surface area contributed by atoms with Crippen molar-refractivity contribution in [2.24, 2.45) is 0 Å². The molecule has 2 aromatic carbocycles. The van der Waals surface area contributed by atoms with Crippen LogP contribution in [0.2, 0.25) is 0 Å². The molecule has 3 aromatic rings. The standard InChI is InChI=1S/C19H17N3O3S/c1-13-4-2-7-16(10-13)25-12-17(23)21-15-6-3-5-14(11-15)18(24)22-19-20-8-9-26-19/h2-11H,12H2,1H3,(H,21,23)(H,20,22,24). The van der Waals surface area contributed by atoms with Crippen molar-refractivity contribution in [3.63, 3.8) is 0 Å². The molecule has 0 atom stereocenters. The van der Waals surface area contributed by atoms with Gasteiger partial charge in [0.05, 0.1) is 0 Å². The summed E-state index contributed by atoms with van der Waals surface area (Å²) in [5.74, 6) is 0.0489. The van der Waals surface area contributed by atoms with E-state index >= 15 is 0 Å². The maximum absolute atomic E-state index is 12.2. The molecule has 1 aromatic heterocycles. The predicted molar refractivity (Wildman–Crippen MR) is 102 cm³/mol. The molecule has 2 amide bonds. The van der Waals surface area contributed by atoms with Crippen molar-refractivity contribution in [2.45, 2.75) is 6.92 Å². The lowest BCUT2D eigenvalue weighted by Gasteiger charge is -2.09. The smallest absolute Gasteiger partial charge is 0.262 e. The summed E-state index contributed by atoms with van der Waals surface area (Å²) in [7, 11) is 0. The minimum absolute atomic E-state index is 0.112. The van der Waals surface area contributed by atoms with E-state index in [0.29, 0.717) is 22.1 Å². The second-order valence-electron chi connectivity index (χ2n) is 5.53. The van der Waals surface area contributed by atoms with Gasteiger partial charge < -0.3 is 10.1 Å². The number of anilines is 2. The summed E-state index contributed by atoms with van der Waals surface area (Å²) in [4.78, 5) is 28.3. The molecule has 0 aliphatic heterocycles. The fourth-order valence-corrected chi connectivity index (χ4v) is 2.77. The largest absolute Gasteiger partial charge is 0.484 e. The van der Waals surface area contributed by atoms with Crippen molar-refractivity contribution in [3.8, 4) is 5.75 Å². The van der Waals surface area contributed by atoms with Crippen molar-refractivity contribution >= 4 is 34.0 Å². The third kappa shape index (κ3) is 4.90. The predicted octanol–water partition coefficient (Wildman–Crippen LogP) is 3.72. The summed E-state index contributed by atoms with van der Waals surface area (Å²) < 4.78 is 5.47. The van der Waals surface area contributed by atoms with E-state index in [4.69, 9.17) is 4.74 Å². The van der Waals surface area contributed by atoms with Gasteiger partial charge in [0.1, 0.15) is 5.75 Å². The number of carbonyl (C=O) groups excluding carboxylic acids is 2. The van der Waals surface area contributed by atoms with Crippen LogP contribution in [0.15, 0.2) is 60.1 Å². The van der Waals surface area contributed by atoms with Gasteiger partial charge >= 0.3 is 0 Å². The molecule has 0 fully saturated rings. The van der Waals surface area contributed by atoms with Crippen molar-refractivity contribution in [1.29, 1.82) is 0 Å². The summed E-state index contributed by atoms with van der Waals surface area (Å²) in [5.41, 5.74) is 2.01. The quantitative estimate of drug-likeness (QED) is 0.696. The minimum Gasteiger partial charge on any atom is -0.484 e. The van der Waals surface area contributed by atoms with Gasteiger partial charge in [-0.2, -0.15) is 0 Å². The molecular weight excluding hydrogens is 350 g/mol. The van der Waals surface area contributed by atoms with E-state index in [1.807, 2.05) is 25.1 Å². The van der Waals surface area contributed by atoms with E-state index in [1.165, 1.54) is 11.3 Å². The first kappa shape index (κ1) is 17.6. The molecule has 0 bridgehead atoms. The number of nitrogens with one attached hydrogen (secondary N) is 2. The Balaban J connectivity index is 1.57. The van der Waals surface area contributed by atoms with Crippen LogP contribution in [0, 0.1) is 6.92 Å². The van der Waals surface area contributed by atoms with E-state index in [9.17, 15) is 9.59 Å². The van der Waals surface area contributed by atoms with Crippen molar-refractivity contribution in [1.82, 2.24) is 4.98 Å². The lowest BCUT2D eigenvalue weighted by atomic mass is 10.2. The SMILES string of the molecule is Cc1cccc(OCC(=O)Nc2cccc(C(=O)Nc3nccs3)c2)c1. The molecule has 0 radical (unpaired) electrons. The van der Waals surface area contributed by atoms with E-state index < -0.39 is 0 Å². The molecule has 1 heterocycles.